The van der Waals surface area contributed by atoms with Gasteiger partial charge in [0.2, 0.25) is 0 Å². The smallest absolute Gasteiger partial charge is 0.303 e. The average molecular weight is 365 g/mol. The molecule has 0 amide bonds. The van der Waals surface area contributed by atoms with E-state index in [1.165, 1.54) is 18.1 Å². The Kier molecular flexibility index (Phi) is 6.73. The van der Waals surface area contributed by atoms with Crippen molar-refractivity contribution < 1.29 is 19.4 Å². The van der Waals surface area contributed by atoms with Gasteiger partial charge in [0.25, 0.3) is 0 Å². The number of carbonyl (C=O) groups is 1. The lowest BCUT2D eigenvalue weighted by Gasteiger charge is -2.36. The van der Waals surface area contributed by atoms with Crippen molar-refractivity contribution in [3.05, 3.63) is 23.3 Å². The SMILES string of the molecule is CC(=O)O[C@H]1CC/C(C)=C/C=C(/C(C)C)CC[C@@](C)(O)[C@@H]2CC[C@@]1(C)O2. The Morgan fingerprint density at radius 2 is 1.92 bits per heavy atom. The van der Waals surface area contributed by atoms with E-state index < -0.39 is 11.2 Å². The number of esters is 1. The predicted molar refractivity (Wildman–Crippen MR) is 104 cm³/mol. The summed E-state index contributed by atoms with van der Waals surface area (Å²) in [4.78, 5) is 11.6. The minimum Gasteiger partial charge on any atom is -0.459 e. The van der Waals surface area contributed by atoms with Gasteiger partial charge >= 0.3 is 5.97 Å². The normalized spacial score (nSPS) is 40.5. The van der Waals surface area contributed by atoms with Gasteiger partial charge in [-0.1, -0.05) is 37.1 Å². The molecule has 0 aromatic heterocycles. The first-order valence-corrected chi connectivity index (χ1v) is 9.97. The van der Waals surface area contributed by atoms with Gasteiger partial charge in [0.05, 0.1) is 11.7 Å². The molecule has 2 heterocycles. The summed E-state index contributed by atoms with van der Waals surface area (Å²) in [5.41, 5.74) is 1.19. The molecule has 0 aromatic rings. The summed E-state index contributed by atoms with van der Waals surface area (Å²) in [5, 5.41) is 11.1. The second-order valence-corrected chi connectivity index (χ2v) is 8.86. The van der Waals surface area contributed by atoms with E-state index in [-0.39, 0.29) is 18.2 Å². The standard InChI is InChI=1S/C22H36O4/c1-15(2)18-9-7-16(3)8-10-20(25-17(4)23)22(6)14-12-19(26-22)21(5,24)13-11-18/h7,9,15,19-20,24H,8,10-14H2,1-6H3/b16-7+,18-9+/t19-,20-,21+,22+/m0/s1. The highest BCUT2D eigenvalue weighted by Crippen LogP contribution is 2.42. The highest BCUT2D eigenvalue weighted by atomic mass is 16.6. The molecule has 1 N–H and O–H groups in total. The molecular weight excluding hydrogens is 328 g/mol. The van der Waals surface area contributed by atoms with E-state index in [2.05, 4.69) is 32.9 Å². The first-order chi connectivity index (χ1) is 12.0. The molecule has 0 radical (unpaired) electrons. The molecule has 0 aliphatic carbocycles. The molecule has 0 unspecified atom stereocenters. The average Bonchev–Trinajstić information content (AvgIpc) is 2.94. The van der Waals surface area contributed by atoms with Gasteiger partial charge in [-0.15, -0.1) is 0 Å². The van der Waals surface area contributed by atoms with Crippen molar-refractivity contribution in [3.8, 4) is 0 Å². The maximum atomic E-state index is 11.6. The Morgan fingerprint density at radius 3 is 2.54 bits per heavy atom. The van der Waals surface area contributed by atoms with Crippen LogP contribution in [0.3, 0.4) is 0 Å². The molecular formula is C22H36O4. The molecule has 4 heteroatoms. The quantitative estimate of drug-likeness (QED) is 0.721. The van der Waals surface area contributed by atoms with Gasteiger partial charge in [-0.05, 0) is 65.2 Å². The number of carbonyl (C=O) groups excluding carboxylic acids is 1. The zero-order valence-corrected chi connectivity index (χ0v) is 17.3. The van der Waals surface area contributed by atoms with Crippen molar-refractivity contribution in [1.82, 2.24) is 0 Å². The van der Waals surface area contributed by atoms with Gasteiger partial charge in [0.1, 0.15) is 11.7 Å². The molecule has 0 spiro atoms. The van der Waals surface area contributed by atoms with Gasteiger partial charge in [0, 0.05) is 6.92 Å². The van der Waals surface area contributed by atoms with Crippen molar-refractivity contribution in [2.45, 2.75) is 103 Å². The van der Waals surface area contributed by atoms with Crippen LogP contribution in [0.4, 0.5) is 0 Å². The molecule has 2 rings (SSSR count). The fourth-order valence-corrected chi connectivity index (χ4v) is 4.04. The van der Waals surface area contributed by atoms with Crippen LogP contribution in [0.25, 0.3) is 0 Å². The lowest BCUT2D eigenvalue weighted by molar-refractivity contribution is -0.183. The molecule has 1 fully saturated rings. The number of rotatable bonds is 2. The zero-order valence-electron chi connectivity index (χ0n) is 17.3. The second kappa shape index (κ2) is 8.26. The Labute approximate surface area is 158 Å². The van der Waals surface area contributed by atoms with E-state index in [1.807, 2.05) is 13.8 Å². The van der Waals surface area contributed by atoms with Gasteiger partial charge in [0.15, 0.2) is 0 Å². The third-order valence-electron chi connectivity index (χ3n) is 6.04. The van der Waals surface area contributed by atoms with Crippen molar-refractivity contribution in [2.24, 2.45) is 5.92 Å². The topological polar surface area (TPSA) is 55.8 Å². The summed E-state index contributed by atoms with van der Waals surface area (Å²) < 4.78 is 12.0. The molecule has 148 valence electrons. The van der Waals surface area contributed by atoms with Crippen molar-refractivity contribution in [2.75, 3.05) is 0 Å². The van der Waals surface area contributed by atoms with Crippen LogP contribution in [0.15, 0.2) is 23.3 Å². The molecule has 2 aliphatic rings. The lowest BCUT2D eigenvalue weighted by Crippen LogP contribution is -2.46. The molecule has 4 atom stereocenters. The van der Waals surface area contributed by atoms with E-state index >= 15 is 0 Å². The highest BCUT2D eigenvalue weighted by molar-refractivity contribution is 5.66. The van der Waals surface area contributed by atoms with E-state index in [0.29, 0.717) is 12.3 Å². The summed E-state index contributed by atoms with van der Waals surface area (Å²) >= 11 is 0. The van der Waals surface area contributed by atoms with E-state index in [0.717, 1.165) is 32.1 Å². The van der Waals surface area contributed by atoms with Crippen molar-refractivity contribution in [1.29, 1.82) is 0 Å². The maximum Gasteiger partial charge on any atom is 0.303 e. The fraction of sp³-hybridized carbons (Fsp3) is 0.773. The molecule has 4 nitrogen and oxygen atoms in total. The van der Waals surface area contributed by atoms with Crippen LogP contribution in [0.1, 0.15) is 80.1 Å². The van der Waals surface area contributed by atoms with Crippen LogP contribution in [-0.4, -0.2) is 34.5 Å². The van der Waals surface area contributed by atoms with Crippen LogP contribution in [0.5, 0.6) is 0 Å². The number of ether oxygens (including phenoxy) is 2. The zero-order chi connectivity index (χ0) is 19.5. The second-order valence-electron chi connectivity index (χ2n) is 8.86. The van der Waals surface area contributed by atoms with E-state index in [4.69, 9.17) is 9.47 Å². The number of aliphatic hydroxyl groups is 1. The Hall–Kier alpha value is -1.13. The molecule has 0 aromatic carbocycles. The minimum atomic E-state index is -0.890. The molecule has 1 saturated heterocycles. The Balaban J connectivity index is 2.33. The number of fused-ring (bicyclic) bond motifs is 2. The Morgan fingerprint density at radius 1 is 1.23 bits per heavy atom. The summed E-state index contributed by atoms with van der Waals surface area (Å²) in [5.74, 6) is 0.173. The molecule has 0 saturated carbocycles. The summed E-state index contributed by atoms with van der Waals surface area (Å²) in [6, 6.07) is 0. The maximum absolute atomic E-state index is 11.6. The van der Waals surface area contributed by atoms with Gasteiger partial charge < -0.3 is 14.6 Å². The van der Waals surface area contributed by atoms with Crippen molar-refractivity contribution in [3.63, 3.8) is 0 Å². The third-order valence-corrected chi connectivity index (χ3v) is 6.04. The number of allylic oxidation sites excluding steroid dienone is 4. The van der Waals surface area contributed by atoms with Crippen LogP contribution in [0, 0.1) is 5.92 Å². The van der Waals surface area contributed by atoms with Crippen LogP contribution in [0.2, 0.25) is 0 Å². The van der Waals surface area contributed by atoms with Gasteiger partial charge in [-0.2, -0.15) is 0 Å². The van der Waals surface area contributed by atoms with Crippen LogP contribution < -0.4 is 0 Å². The van der Waals surface area contributed by atoms with E-state index in [9.17, 15) is 9.90 Å². The highest BCUT2D eigenvalue weighted by Gasteiger charge is 2.49. The lowest BCUT2D eigenvalue weighted by atomic mass is 9.85. The first kappa shape index (κ1) is 21.2. The molecule has 26 heavy (non-hydrogen) atoms. The molecule has 2 aliphatic heterocycles. The molecule has 2 bridgehead atoms. The van der Waals surface area contributed by atoms with Crippen molar-refractivity contribution >= 4 is 5.97 Å². The number of hydrogen-bond donors (Lipinski definition) is 1. The third kappa shape index (κ3) is 5.20. The monoisotopic (exact) mass is 364 g/mol. The largest absolute Gasteiger partial charge is 0.459 e. The van der Waals surface area contributed by atoms with Crippen LogP contribution >= 0.6 is 0 Å². The van der Waals surface area contributed by atoms with Gasteiger partial charge in [-0.3, -0.25) is 4.79 Å². The van der Waals surface area contributed by atoms with Crippen LogP contribution in [-0.2, 0) is 14.3 Å². The summed E-state index contributed by atoms with van der Waals surface area (Å²) in [7, 11) is 0. The summed E-state index contributed by atoms with van der Waals surface area (Å²) in [6.45, 7) is 11.9. The summed E-state index contributed by atoms with van der Waals surface area (Å²) in [6.07, 6.45) is 8.56. The fourth-order valence-electron chi connectivity index (χ4n) is 4.04. The van der Waals surface area contributed by atoms with Gasteiger partial charge in [-0.25, -0.2) is 0 Å². The predicted octanol–water partition coefficient (Wildman–Crippen LogP) is 4.71. The Bertz CT molecular complexity index is 573. The number of hydrogen-bond acceptors (Lipinski definition) is 4. The minimum absolute atomic E-state index is 0.228. The first-order valence-electron chi connectivity index (χ1n) is 9.97. The van der Waals surface area contributed by atoms with E-state index in [1.54, 1.807) is 0 Å².